The van der Waals surface area contributed by atoms with Crippen molar-refractivity contribution in [1.29, 1.82) is 0 Å². The van der Waals surface area contributed by atoms with Crippen LogP contribution < -0.4 is 5.32 Å². The number of nitrogens with one attached hydrogen (secondary N) is 1. The summed E-state index contributed by atoms with van der Waals surface area (Å²) < 4.78 is 10.5. The molecule has 118 valence electrons. The molecule has 0 fully saturated rings. The van der Waals surface area contributed by atoms with Crippen LogP contribution in [-0.4, -0.2) is 37.3 Å². The molecule has 2 aromatic heterocycles. The zero-order valence-electron chi connectivity index (χ0n) is 12.5. The maximum Gasteiger partial charge on any atom is 0.356 e. The first-order chi connectivity index (χ1) is 10.5. The fourth-order valence-electron chi connectivity index (χ4n) is 1.54. The zero-order chi connectivity index (χ0) is 16.1. The Kier molecular flexibility index (Phi) is 4.99. The lowest BCUT2D eigenvalue weighted by Gasteiger charge is -2.09. The summed E-state index contributed by atoms with van der Waals surface area (Å²) >= 11 is 0. The largest absolute Gasteiger partial charge is 0.476 e. The van der Waals surface area contributed by atoms with Crippen LogP contribution >= 0.6 is 0 Å². The maximum absolute atomic E-state index is 10.7. The molecule has 9 heteroatoms. The second-order valence-corrected chi connectivity index (χ2v) is 4.86. The van der Waals surface area contributed by atoms with E-state index in [4.69, 9.17) is 14.4 Å². The van der Waals surface area contributed by atoms with E-state index >= 15 is 0 Å². The van der Waals surface area contributed by atoms with Crippen molar-refractivity contribution in [2.24, 2.45) is 0 Å². The van der Waals surface area contributed by atoms with Crippen LogP contribution in [0.2, 0.25) is 0 Å². The van der Waals surface area contributed by atoms with Gasteiger partial charge in [0.15, 0.2) is 11.5 Å². The van der Waals surface area contributed by atoms with E-state index in [1.54, 1.807) is 0 Å². The Morgan fingerprint density at radius 2 is 2.14 bits per heavy atom. The number of carboxylic acid groups (broad SMARTS) is 1. The lowest BCUT2D eigenvalue weighted by Crippen LogP contribution is -2.11. The van der Waals surface area contributed by atoms with Gasteiger partial charge in [0.25, 0.3) is 5.89 Å². The lowest BCUT2D eigenvalue weighted by atomic mass is 10.3. The average molecular weight is 307 g/mol. The first-order valence-electron chi connectivity index (χ1n) is 6.71. The number of carbonyl (C=O) groups is 1. The molecule has 0 bridgehead atoms. The number of hydrogen-bond donors (Lipinski definition) is 2. The minimum Gasteiger partial charge on any atom is -0.476 e. The van der Waals surface area contributed by atoms with Crippen molar-refractivity contribution in [2.75, 3.05) is 5.32 Å². The summed E-state index contributed by atoms with van der Waals surface area (Å²) in [5.41, 5.74) is -0.120. The summed E-state index contributed by atoms with van der Waals surface area (Å²) in [4.78, 5) is 22.7. The molecule has 0 spiro atoms. The van der Waals surface area contributed by atoms with E-state index < -0.39 is 5.97 Å². The smallest absolute Gasteiger partial charge is 0.356 e. The van der Waals surface area contributed by atoms with Crippen molar-refractivity contribution >= 4 is 11.8 Å². The molecule has 0 aromatic carbocycles. The van der Waals surface area contributed by atoms with Crippen LogP contribution in [0, 0.1) is 0 Å². The van der Waals surface area contributed by atoms with Gasteiger partial charge in [-0.3, -0.25) is 0 Å². The van der Waals surface area contributed by atoms with Crippen LogP contribution in [0.1, 0.15) is 49.0 Å². The Labute approximate surface area is 126 Å². The Balaban J connectivity index is 1.96. The van der Waals surface area contributed by atoms with Crippen molar-refractivity contribution in [1.82, 2.24) is 20.1 Å². The highest BCUT2D eigenvalue weighted by Crippen LogP contribution is 2.15. The Hall–Kier alpha value is -2.55. The highest BCUT2D eigenvalue weighted by Gasteiger charge is 2.15. The van der Waals surface area contributed by atoms with E-state index in [-0.39, 0.29) is 24.4 Å². The standard InChI is InChI=1S/C13H17N5O4/c1-7(2)21-6-11-17-12(18-22-11)8(3)16-10-5-14-9(4-15-10)13(19)20/h4-5,7-8H,6H2,1-3H3,(H,15,16)(H,19,20). The van der Waals surface area contributed by atoms with Gasteiger partial charge in [-0.05, 0) is 20.8 Å². The van der Waals surface area contributed by atoms with E-state index in [0.29, 0.717) is 17.5 Å². The second-order valence-electron chi connectivity index (χ2n) is 4.86. The second kappa shape index (κ2) is 6.94. The van der Waals surface area contributed by atoms with Crippen molar-refractivity contribution in [3.05, 3.63) is 29.8 Å². The molecular weight excluding hydrogens is 290 g/mol. The summed E-state index contributed by atoms with van der Waals surface area (Å²) in [7, 11) is 0. The van der Waals surface area contributed by atoms with Crippen molar-refractivity contribution in [3.8, 4) is 0 Å². The van der Waals surface area contributed by atoms with Gasteiger partial charge in [-0.1, -0.05) is 5.16 Å². The highest BCUT2D eigenvalue weighted by molar-refractivity contribution is 5.84. The number of ether oxygens (including phenoxy) is 1. The van der Waals surface area contributed by atoms with Gasteiger partial charge < -0.3 is 19.7 Å². The quantitative estimate of drug-likeness (QED) is 0.785. The maximum atomic E-state index is 10.7. The summed E-state index contributed by atoms with van der Waals surface area (Å²) in [6.07, 6.45) is 2.59. The molecule has 0 aliphatic heterocycles. The van der Waals surface area contributed by atoms with Gasteiger partial charge in [-0.25, -0.2) is 14.8 Å². The molecule has 0 radical (unpaired) electrons. The van der Waals surface area contributed by atoms with Gasteiger partial charge in [0.2, 0.25) is 0 Å². The van der Waals surface area contributed by atoms with Crippen LogP contribution in [0.25, 0.3) is 0 Å². The molecule has 0 aliphatic carbocycles. The summed E-state index contributed by atoms with van der Waals surface area (Å²) in [6.45, 7) is 5.91. The number of rotatable bonds is 7. The van der Waals surface area contributed by atoms with Crippen LogP contribution in [0.15, 0.2) is 16.9 Å². The molecule has 0 saturated heterocycles. The molecule has 0 amide bonds. The third-order valence-corrected chi connectivity index (χ3v) is 2.65. The molecular formula is C13H17N5O4. The Bertz CT molecular complexity index is 626. The average Bonchev–Trinajstić information content (AvgIpc) is 2.94. The first-order valence-corrected chi connectivity index (χ1v) is 6.71. The molecule has 0 saturated carbocycles. The molecule has 0 aliphatic rings. The molecule has 2 N–H and O–H groups in total. The van der Waals surface area contributed by atoms with E-state index in [1.807, 2.05) is 20.8 Å². The van der Waals surface area contributed by atoms with Crippen LogP contribution in [0.5, 0.6) is 0 Å². The van der Waals surface area contributed by atoms with Crippen LogP contribution in [0.4, 0.5) is 5.82 Å². The lowest BCUT2D eigenvalue weighted by molar-refractivity contribution is 0.0485. The van der Waals surface area contributed by atoms with E-state index in [0.717, 1.165) is 0 Å². The van der Waals surface area contributed by atoms with Gasteiger partial charge in [0, 0.05) is 0 Å². The highest BCUT2D eigenvalue weighted by atomic mass is 16.5. The third-order valence-electron chi connectivity index (χ3n) is 2.65. The van der Waals surface area contributed by atoms with E-state index in [1.165, 1.54) is 12.4 Å². The zero-order valence-corrected chi connectivity index (χ0v) is 12.5. The van der Waals surface area contributed by atoms with Crippen molar-refractivity contribution in [2.45, 2.75) is 39.5 Å². The third kappa shape index (κ3) is 4.22. The minimum absolute atomic E-state index is 0.0777. The molecule has 2 rings (SSSR count). The van der Waals surface area contributed by atoms with Gasteiger partial charge in [0.1, 0.15) is 12.4 Å². The first kappa shape index (κ1) is 15.8. The number of anilines is 1. The van der Waals surface area contributed by atoms with Gasteiger partial charge in [-0.15, -0.1) is 0 Å². The normalized spacial score (nSPS) is 12.4. The molecule has 9 nitrogen and oxygen atoms in total. The summed E-state index contributed by atoms with van der Waals surface area (Å²) in [5.74, 6) is 0.137. The minimum atomic E-state index is -1.12. The number of nitrogens with zero attached hydrogens (tertiary/aromatic N) is 4. The number of hydrogen-bond acceptors (Lipinski definition) is 8. The summed E-state index contributed by atoms with van der Waals surface area (Å²) in [5, 5.41) is 15.6. The van der Waals surface area contributed by atoms with Gasteiger partial charge in [0.05, 0.1) is 24.5 Å². The number of carboxylic acids is 1. The van der Waals surface area contributed by atoms with Crippen molar-refractivity contribution in [3.63, 3.8) is 0 Å². The number of aromatic carboxylic acids is 1. The Morgan fingerprint density at radius 3 is 2.73 bits per heavy atom. The van der Waals surface area contributed by atoms with E-state index in [2.05, 4.69) is 25.4 Å². The molecule has 22 heavy (non-hydrogen) atoms. The predicted octanol–water partition coefficient (Wildman–Crippen LogP) is 1.66. The summed E-state index contributed by atoms with van der Waals surface area (Å²) in [6, 6.07) is -0.276. The topological polar surface area (TPSA) is 123 Å². The fraction of sp³-hybridized carbons (Fsp3) is 0.462. The Morgan fingerprint density at radius 1 is 1.36 bits per heavy atom. The fourth-order valence-corrected chi connectivity index (χ4v) is 1.54. The molecule has 2 aromatic rings. The monoisotopic (exact) mass is 307 g/mol. The molecule has 2 heterocycles. The SMILES string of the molecule is CC(C)OCc1nc(C(C)Nc2cnc(C(=O)O)cn2)no1. The van der Waals surface area contributed by atoms with E-state index in [9.17, 15) is 4.79 Å². The predicted molar refractivity (Wildman–Crippen MR) is 75.3 cm³/mol. The van der Waals surface area contributed by atoms with Gasteiger partial charge in [-0.2, -0.15) is 4.98 Å². The van der Waals surface area contributed by atoms with Gasteiger partial charge >= 0.3 is 5.97 Å². The molecule has 1 atom stereocenters. The van der Waals surface area contributed by atoms with Crippen LogP contribution in [-0.2, 0) is 11.3 Å². The molecule has 1 unspecified atom stereocenters. The van der Waals surface area contributed by atoms with Crippen LogP contribution in [0.3, 0.4) is 0 Å². The number of aromatic nitrogens is 4. The van der Waals surface area contributed by atoms with Crippen molar-refractivity contribution < 1.29 is 19.2 Å².